The first kappa shape index (κ1) is 27.9. The van der Waals surface area contributed by atoms with Crippen LogP contribution in [-0.2, 0) is 25.4 Å². The van der Waals surface area contributed by atoms with Gasteiger partial charge in [0.1, 0.15) is 0 Å². The monoisotopic (exact) mass is 482 g/mol. The highest BCUT2D eigenvalue weighted by Crippen LogP contribution is 2.43. The van der Waals surface area contributed by atoms with Gasteiger partial charge in [-0.3, -0.25) is 0 Å². The normalized spacial score (nSPS) is 13.6. The summed E-state index contributed by atoms with van der Waals surface area (Å²) in [5, 5.41) is 0. The number of fused-ring (bicyclic) bond motifs is 2. The maximum atomic E-state index is 6.17. The van der Waals surface area contributed by atoms with Crippen molar-refractivity contribution < 1.29 is 18.9 Å². The summed E-state index contributed by atoms with van der Waals surface area (Å²) in [4.78, 5) is 0. The van der Waals surface area contributed by atoms with Crippen molar-refractivity contribution in [1.29, 1.82) is 0 Å². The van der Waals surface area contributed by atoms with Gasteiger partial charge in [0.05, 0.1) is 39.6 Å². The van der Waals surface area contributed by atoms with Crippen LogP contribution in [-0.4, -0.2) is 52.9 Å². The molecule has 0 heterocycles. The molecule has 4 nitrogen and oxygen atoms in total. The van der Waals surface area contributed by atoms with E-state index in [1.807, 2.05) is 0 Å². The summed E-state index contributed by atoms with van der Waals surface area (Å²) in [7, 11) is 0. The largest absolute Gasteiger partial charge is 0.379 e. The predicted molar refractivity (Wildman–Crippen MR) is 143 cm³/mol. The molecule has 1 aliphatic rings. The first-order valence-electron chi connectivity index (χ1n) is 13.6. The number of unbranched alkanes of at least 4 members (excludes halogenated alkanes) is 2. The average Bonchev–Trinajstić information content (AvgIpc) is 2.87. The van der Waals surface area contributed by atoms with E-state index in [-0.39, 0.29) is 5.41 Å². The smallest absolute Gasteiger partial charge is 0.0700 e. The van der Waals surface area contributed by atoms with E-state index in [4.69, 9.17) is 18.9 Å². The van der Waals surface area contributed by atoms with Crippen LogP contribution < -0.4 is 0 Å². The Morgan fingerprint density at radius 3 is 1.60 bits per heavy atom. The van der Waals surface area contributed by atoms with Gasteiger partial charge in [-0.1, -0.05) is 82.1 Å². The molecule has 0 atom stereocenters. The maximum Gasteiger partial charge on any atom is 0.0700 e. The molecule has 0 aliphatic heterocycles. The van der Waals surface area contributed by atoms with Crippen molar-refractivity contribution in [3.05, 3.63) is 70.8 Å². The lowest BCUT2D eigenvalue weighted by Crippen LogP contribution is -2.33. The minimum atomic E-state index is -0.116. The van der Waals surface area contributed by atoms with Crippen LogP contribution in [0, 0.1) is 5.41 Å². The van der Waals surface area contributed by atoms with Gasteiger partial charge in [-0.25, -0.2) is 0 Å². The topological polar surface area (TPSA) is 36.9 Å². The minimum absolute atomic E-state index is 0.116. The molecule has 0 unspecified atom stereocenters. The van der Waals surface area contributed by atoms with Gasteiger partial charge in [-0.15, -0.1) is 0 Å². The zero-order valence-corrected chi connectivity index (χ0v) is 22.2. The lowest BCUT2D eigenvalue weighted by Gasteiger charge is -2.37. The fourth-order valence-corrected chi connectivity index (χ4v) is 4.88. The highest BCUT2D eigenvalue weighted by Gasteiger charge is 2.34. The molecule has 0 N–H and O–H groups in total. The van der Waals surface area contributed by atoms with E-state index in [0.29, 0.717) is 45.6 Å². The van der Waals surface area contributed by atoms with Crippen molar-refractivity contribution in [2.75, 3.05) is 52.9 Å². The molecule has 0 saturated heterocycles. The van der Waals surface area contributed by atoms with E-state index in [9.17, 15) is 0 Å². The second kappa shape index (κ2) is 15.4. The SMILES string of the molecule is CCCCOCCOCC(C)(COCCOCCCC)CC1c2ccccc2Cc2ccccc21. The van der Waals surface area contributed by atoms with E-state index >= 15 is 0 Å². The zero-order valence-electron chi connectivity index (χ0n) is 22.2. The fraction of sp³-hybridized carbons (Fsp3) is 0.613. The van der Waals surface area contributed by atoms with Crippen LogP contribution in [0.2, 0.25) is 0 Å². The molecule has 1 aliphatic carbocycles. The first-order chi connectivity index (χ1) is 17.2. The van der Waals surface area contributed by atoms with E-state index in [1.165, 1.54) is 22.3 Å². The summed E-state index contributed by atoms with van der Waals surface area (Å²) in [5.41, 5.74) is 5.66. The second-order valence-electron chi connectivity index (χ2n) is 10.2. The summed E-state index contributed by atoms with van der Waals surface area (Å²) in [6.07, 6.45) is 6.51. The molecule has 3 rings (SSSR count). The van der Waals surface area contributed by atoms with Crippen LogP contribution in [0.15, 0.2) is 48.5 Å². The fourth-order valence-electron chi connectivity index (χ4n) is 4.88. The van der Waals surface area contributed by atoms with E-state index in [0.717, 1.165) is 51.7 Å². The molecular formula is C31H46O4. The standard InChI is InChI=1S/C31H46O4/c1-4-6-16-32-18-20-34-24-31(3,25-35-21-19-33-17-7-5-2)23-30-28-14-10-8-12-26(28)22-27-13-9-11-15-29(27)30/h8-15,30H,4-7,16-25H2,1-3H3. The number of benzene rings is 2. The molecule has 0 amide bonds. The second-order valence-corrected chi connectivity index (χ2v) is 10.2. The van der Waals surface area contributed by atoms with Gasteiger partial charge < -0.3 is 18.9 Å². The molecule has 2 aromatic carbocycles. The molecule has 2 aromatic rings. The Morgan fingerprint density at radius 2 is 1.11 bits per heavy atom. The molecular weight excluding hydrogens is 436 g/mol. The summed E-state index contributed by atoms with van der Waals surface area (Å²) in [6.45, 7) is 12.2. The highest BCUT2D eigenvalue weighted by molar-refractivity contribution is 5.49. The molecule has 194 valence electrons. The lowest BCUT2D eigenvalue weighted by molar-refractivity contribution is -0.0446. The summed E-state index contributed by atoms with van der Waals surface area (Å²) in [5.74, 6) is 0.343. The summed E-state index contributed by atoms with van der Waals surface area (Å²) < 4.78 is 23.7. The number of hydrogen-bond acceptors (Lipinski definition) is 4. The molecule has 35 heavy (non-hydrogen) atoms. The van der Waals surface area contributed by atoms with Crippen LogP contribution >= 0.6 is 0 Å². The molecule has 0 saturated carbocycles. The number of ether oxygens (including phenoxy) is 4. The van der Waals surface area contributed by atoms with Crippen molar-refractivity contribution in [2.45, 2.75) is 65.2 Å². The molecule has 0 aromatic heterocycles. The Balaban J connectivity index is 1.65. The van der Waals surface area contributed by atoms with Gasteiger partial charge in [-0.05, 0) is 47.9 Å². The van der Waals surface area contributed by atoms with Crippen molar-refractivity contribution in [3.8, 4) is 0 Å². The van der Waals surface area contributed by atoms with Gasteiger partial charge in [0.15, 0.2) is 0 Å². The van der Waals surface area contributed by atoms with Gasteiger partial charge >= 0.3 is 0 Å². The van der Waals surface area contributed by atoms with Crippen LogP contribution in [0.4, 0.5) is 0 Å². The van der Waals surface area contributed by atoms with Crippen molar-refractivity contribution >= 4 is 0 Å². The molecule has 0 radical (unpaired) electrons. The van der Waals surface area contributed by atoms with Crippen molar-refractivity contribution in [1.82, 2.24) is 0 Å². The van der Waals surface area contributed by atoms with Gasteiger partial charge in [-0.2, -0.15) is 0 Å². The first-order valence-corrected chi connectivity index (χ1v) is 13.6. The van der Waals surface area contributed by atoms with Crippen LogP contribution in [0.3, 0.4) is 0 Å². The molecule has 4 heteroatoms. The molecule has 0 bridgehead atoms. The quantitative estimate of drug-likeness (QED) is 0.219. The Labute approximate surface area is 213 Å². The van der Waals surface area contributed by atoms with E-state index < -0.39 is 0 Å². The molecule has 0 spiro atoms. The van der Waals surface area contributed by atoms with Crippen molar-refractivity contribution in [2.24, 2.45) is 5.41 Å². The summed E-state index contributed by atoms with van der Waals surface area (Å²) >= 11 is 0. The number of hydrogen-bond donors (Lipinski definition) is 0. The predicted octanol–water partition coefficient (Wildman–Crippen LogP) is 6.79. The van der Waals surface area contributed by atoms with Crippen LogP contribution in [0.5, 0.6) is 0 Å². The highest BCUT2D eigenvalue weighted by atomic mass is 16.5. The Bertz CT molecular complexity index is 786. The number of rotatable bonds is 18. The van der Waals surface area contributed by atoms with Crippen molar-refractivity contribution in [3.63, 3.8) is 0 Å². The zero-order chi connectivity index (χ0) is 24.8. The van der Waals surface area contributed by atoms with Gasteiger partial charge in [0, 0.05) is 24.5 Å². The van der Waals surface area contributed by atoms with E-state index in [1.54, 1.807) is 0 Å². The lowest BCUT2D eigenvalue weighted by atomic mass is 9.71. The molecule has 0 fully saturated rings. The van der Waals surface area contributed by atoms with E-state index in [2.05, 4.69) is 69.3 Å². The average molecular weight is 483 g/mol. The Morgan fingerprint density at radius 1 is 0.657 bits per heavy atom. The van der Waals surface area contributed by atoms with Crippen LogP contribution in [0.1, 0.15) is 81.0 Å². The summed E-state index contributed by atoms with van der Waals surface area (Å²) in [6, 6.07) is 17.8. The third-order valence-corrected chi connectivity index (χ3v) is 6.87. The minimum Gasteiger partial charge on any atom is -0.379 e. The maximum absolute atomic E-state index is 6.17. The van der Waals surface area contributed by atoms with Crippen LogP contribution in [0.25, 0.3) is 0 Å². The Hall–Kier alpha value is -1.72. The van der Waals surface area contributed by atoms with Gasteiger partial charge in [0.25, 0.3) is 0 Å². The van der Waals surface area contributed by atoms with Gasteiger partial charge in [0.2, 0.25) is 0 Å². The third-order valence-electron chi connectivity index (χ3n) is 6.87. The Kier molecular flexibility index (Phi) is 12.3. The third kappa shape index (κ3) is 9.02.